The fourth-order valence-corrected chi connectivity index (χ4v) is 0.963. The molecule has 1 rings (SSSR count). The maximum atomic E-state index is 9.06. The summed E-state index contributed by atoms with van der Waals surface area (Å²) in [5.74, 6) is 0. The topological polar surface area (TPSA) is 76.3 Å². The molecule has 0 aliphatic carbocycles. The summed E-state index contributed by atoms with van der Waals surface area (Å²) in [7, 11) is 0. The lowest BCUT2D eigenvalue weighted by Crippen LogP contribution is -2.22. The summed E-state index contributed by atoms with van der Waals surface area (Å²) in [4.78, 5) is 0. The van der Waals surface area contributed by atoms with Crippen LogP contribution in [0.3, 0.4) is 0 Å². The molecule has 0 aliphatic heterocycles. The normalized spacial score (nSPS) is 11.8. The van der Waals surface area contributed by atoms with Gasteiger partial charge in [0.1, 0.15) is 0 Å². The molecule has 0 radical (unpaired) electrons. The number of rotatable bonds is 4. The molecule has 3 N–H and O–H groups in total. The summed E-state index contributed by atoms with van der Waals surface area (Å²) in [6.07, 6.45) is -0.759. The Labute approximate surface area is 82.4 Å². The molecular formula is C10H12N2O2. The van der Waals surface area contributed by atoms with Gasteiger partial charge in [-0.25, -0.2) is 0 Å². The van der Waals surface area contributed by atoms with Gasteiger partial charge in [-0.05, 0) is 24.3 Å². The summed E-state index contributed by atoms with van der Waals surface area (Å²) in [5.41, 5.74) is 1.41. The van der Waals surface area contributed by atoms with E-state index in [4.69, 9.17) is 15.5 Å². The van der Waals surface area contributed by atoms with Crippen molar-refractivity contribution in [2.24, 2.45) is 0 Å². The second-order valence-electron chi connectivity index (χ2n) is 2.91. The number of benzene rings is 1. The van der Waals surface area contributed by atoms with E-state index in [-0.39, 0.29) is 6.61 Å². The number of nitrogens with one attached hydrogen (secondary N) is 1. The summed E-state index contributed by atoms with van der Waals surface area (Å²) < 4.78 is 0. The molecular weight excluding hydrogens is 180 g/mol. The van der Waals surface area contributed by atoms with Crippen LogP contribution >= 0.6 is 0 Å². The lowest BCUT2D eigenvalue weighted by Gasteiger charge is -2.09. The van der Waals surface area contributed by atoms with E-state index < -0.39 is 6.10 Å². The third-order valence-electron chi connectivity index (χ3n) is 1.77. The fourth-order valence-electron chi connectivity index (χ4n) is 0.963. The molecule has 0 heterocycles. The number of hydrogen-bond donors (Lipinski definition) is 3. The molecule has 0 aromatic heterocycles. The van der Waals surface area contributed by atoms with Crippen LogP contribution in [0.25, 0.3) is 0 Å². The molecule has 0 unspecified atom stereocenters. The first-order chi connectivity index (χ1) is 6.76. The molecule has 0 saturated carbocycles. The van der Waals surface area contributed by atoms with Gasteiger partial charge in [0.25, 0.3) is 0 Å². The molecule has 4 nitrogen and oxygen atoms in total. The molecule has 1 aromatic carbocycles. The molecule has 0 aliphatic rings. The Hall–Kier alpha value is -1.57. The van der Waals surface area contributed by atoms with Crippen molar-refractivity contribution < 1.29 is 10.2 Å². The van der Waals surface area contributed by atoms with E-state index in [1.807, 2.05) is 6.07 Å². The minimum Gasteiger partial charge on any atom is -0.394 e. The Morgan fingerprint density at radius 1 is 1.36 bits per heavy atom. The van der Waals surface area contributed by atoms with Crippen molar-refractivity contribution in [3.05, 3.63) is 29.8 Å². The number of aliphatic hydroxyl groups is 2. The highest BCUT2D eigenvalue weighted by Gasteiger charge is 2.00. The van der Waals surface area contributed by atoms with Crippen LogP contribution in [0.15, 0.2) is 24.3 Å². The molecule has 0 spiro atoms. The van der Waals surface area contributed by atoms with Gasteiger partial charge < -0.3 is 15.5 Å². The van der Waals surface area contributed by atoms with Crippen molar-refractivity contribution in [1.29, 1.82) is 5.26 Å². The van der Waals surface area contributed by atoms with Crippen molar-refractivity contribution in [2.75, 3.05) is 18.5 Å². The molecule has 0 amide bonds. The summed E-state index contributed by atoms with van der Waals surface area (Å²) in [6, 6.07) is 8.89. The van der Waals surface area contributed by atoms with Gasteiger partial charge >= 0.3 is 0 Å². The first-order valence-corrected chi connectivity index (χ1v) is 4.29. The van der Waals surface area contributed by atoms with E-state index in [9.17, 15) is 0 Å². The molecule has 0 fully saturated rings. The Balaban J connectivity index is 2.49. The van der Waals surface area contributed by atoms with Gasteiger partial charge in [0.05, 0.1) is 24.3 Å². The van der Waals surface area contributed by atoms with Gasteiger partial charge in [-0.2, -0.15) is 5.26 Å². The minimum absolute atomic E-state index is 0.261. The molecule has 14 heavy (non-hydrogen) atoms. The van der Waals surface area contributed by atoms with Gasteiger partial charge in [-0.3, -0.25) is 0 Å². The van der Waals surface area contributed by atoms with E-state index in [0.29, 0.717) is 12.1 Å². The van der Waals surface area contributed by atoms with E-state index in [2.05, 4.69) is 5.32 Å². The van der Waals surface area contributed by atoms with Crippen LogP contribution in [0.2, 0.25) is 0 Å². The molecule has 0 bridgehead atoms. The van der Waals surface area contributed by atoms with E-state index >= 15 is 0 Å². The number of nitrogens with zero attached hydrogens (tertiary/aromatic N) is 1. The minimum atomic E-state index is -0.759. The Kier molecular flexibility index (Phi) is 3.92. The second-order valence-corrected chi connectivity index (χ2v) is 2.91. The van der Waals surface area contributed by atoms with Crippen molar-refractivity contribution in [3.8, 4) is 6.07 Å². The van der Waals surface area contributed by atoms with Crippen LogP contribution in [-0.2, 0) is 0 Å². The zero-order valence-corrected chi connectivity index (χ0v) is 7.64. The Morgan fingerprint density at radius 2 is 2.00 bits per heavy atom. The van der Waals surface area contributed by atoms with Crippen LogP contribution in [0.5, 0.6) is 0 Å². The van der Waals surface area contributed by atoms with E-state index in [1.54, 1.807) is 24.3 Å². The molecule has 4 heteroatoms. The fraction of sp³-hybridized carbons (Fsp3) is 0.300. The third-order valence-corrected chi connectivity index (χ3v) is 1.77. The SMILES string of the molecule is N#Cc1ccc(NC[C@H](O)CO)cc1. The van der Waals surface area contributed by atoms with Crippen LogP contribution in [0.1, 0.15) is 5.56 Å². The zero-order valence-electron chi connectivity index (χ0n) is 7.64. The first-order valence-electron chi connectivity index (χ1n) is 4.29. The largest absolute Gasteiger partial charge is 0.394 e. The van der Waals surface area contributed by atoms with Crippen molar-refractivity contribution in [3.63, 3.8) is 0 Å². The molecule has 1 aromatic rings. The summed E-state index contributed by atoms with van der Waals surface area (Å²) >= 11 is 0. The second kappa shape index (κ2) is 5.22. The van der Waals surface area contributed by atoms with Crippen LogP contribution in [0, 0.1) is 11.3 Å². The van der Waals surface area contributed by atoms with Crippen molar-refractivity contribution in [1.82, 2.24) is 0 Å². The first kappa shape index (κ1) is 10.5. The summed E-state index contributed by atoms with van der Waals surface area (Å²) in [5, 5.41) is 29.1. The predicted molar refractivity (Wildman–Crippen MR) is 52.7 cm³/mol. The lowest BCUT2D eigenvalue weighted by molar-refractivity contribution is 0.105. The van der Waals surface area contributed by atoms with Gasteiger partial charge in [-0.15, -0.1) is 0 Å². The maximum Gasteiger partial charge on any atom is 0.0991 e. The predicted octanol–water partition coefficient (Wildman–Crippen LogP) is 0.323. The quantitative estimate of drug-likeness (QED) is 0.642. The lowest BCUT2D eigenvalue weighted by atomic mass is 10.2. The molecule has 74 valence electrons. The van der Waals surface area contributed by atoms with Crippen LogP contribution < -0.4 is 5.32 Å². The van der Waals surface area contributed by atoms with E-state index in [0.717, 1.165) is 5.69 Å². The van der Waals surface area contributed by atoms with Gasteiger partial charge in [0, 0.05) is 12.2 Å². The summed E-state index contributed by atoms with van der Waals surface area (Å²) in [6.45, 7) is 0.0334. The molecule has 0 saturated heterocycles. The van der Waals surface area contributed by atoms with Crippen LogP contribution in [-0.4, -0.2) is 29.5 Å². The standard InChI is InChI=1S/C10H12N2O2/c11-5-8-1-3-9(4-2-8)12-6-10(14)7-13/h1-4,10,12-14H,6-7H2/t10-/m0/s1. The molecule has 1 atom stereocenters. The zero-order chi connectivity index (χ0) is 10.4. The van der Waals surface area contributed by atoms with Crippen molar-refractivity contribution in [2.45, 2.75) is 6.10 Å². The maximum absolute atomic E-state index is 9.06. The van der Waals surface area contributed by atoms with Gasteiger partial charge in [0.15, 0.2) is 0 Å². The average Bonchev–Trinajstić information content (AvgIpc) is 2.26. The highest BCUT2D eigenvalue weighted by atomic mass is 16.3. The third kappa shape index (κ3) is 3.05. The van der Waals surface area contributed by atoms with Crippen molar-refractivity contribution >= 4 is 5.69 Å². The monoisotopic (exact) mass is 192 g/mol. The van der Waals surface area contributed by atoms with Crippen LogP contribution in [0.4, 0.5) is 5.69 Å². The number of aliphatic hydroxyl groups excluding tert-OH is 2. The average molecular weight is 192 g/mol. The Bertz CT molecular complexity index is 316. The highest BCUT2D eigenvalue weighted by molar-refractivity contribution is 5.47. The van der Waals surface area contributed by atoms with E-state index in [1.165, 1.54) is 0 Å². The smallest absolute Gasteiger partial charge is 0.0991 e. The number of nitriles is 1. The highest BCUT2D eigenvalue weighted by Crippen LogP contribution is 2.08. The number of hydrogen-bond acceptors (Lipinski definition) is 4. The van der Waals surface area contributed by atoms with Gasteiger partial charge in [-0.1, -0.05) is 0 Å². The number of anilines is 1. The Morgan fingerprint density at radius 3 is 2.50 bits per heavy atom. The van der Waals surface area contributed by atoms with Gasteiger partial charge in [0.2, 0.25) is 0 Å².